The van der Waals surface area contributed by atoms with E-state index in [2.05, 4.69) is 61.0 Å². The lowest BCUT2D eigenvalue weighted by molar-refractivity contribution is 0.506. The van der Waals surface area contributed by atoms with Crippen molar-refractivity contribution in [3.05, 3.63) is 70.0 Å². The van der Waals surface area contributed by atoms with Gasteiger partial charge in [-0.05, 0) is 40.7 Å². The second-order valence-corrected chi connectivity index (χ2v) is 7.22. The second-order valence-electron chi connectivity index (χ2n) is 5.90. The van der Waals surface area contributed by atoms with Crippen molar-refractivity contribution in [3.63, 3.8) is 0 Å². The number of alkyl halides is 1. The lowest BCUT2D eigenvalue weighted by Gasteiger charge is -2.24. The molecule has 21 heavy (non-hydrogen) atoms. The van der Waals surface area contributed by atoms with Crippen LogP contribution in [0.25, 0.3) is 0 Å². The number of hydrogen-bond acceptors (Lipinski definition) is 0. The molecule has 0 bridgehead atoms. The molecule has 2 aromatic rings. The molecule has 0 N–H and O–H groups in total. The highest BCUT2D eigenvalue weighted by Crippen LogP contribution is 2.34. The Kier molecular flexibility index (Phi) is 5.11. The van der Waals surface area contributed by atoms with Crippen LogP contribution in [0.2, 0.25) is 5.02 Å². The van der Waals surface area contributed by atoms with E-state index in [0.29, 0.717) is 0 Å². The highest BCUT2D eigenvalue weighted by atomic mass is 79.9. The second kappa shape index (κ2) is 6.50. The molecule has 0 heterocycles. The third kappa shape index (κ3) is 3.67. The lowest BCUT2D eigenvalue weighted by Crippen LogP contribution is -2.15. The Labute approximate surface area is 139 Å². The molecule has 1 unspecified atom stereocenters. The van der Waals surface area contributed by atoms with Crippen LogP contribution < -0.4 is 0 Å². The minimum absolute atomic E-state index is 0.00869. The van der Waals surface area contributed by atoms with E-state index in [4.69, 9.17) is 11.6 Å². The van der Waals surface area contributed by atoms with Crippen molar-refractivity contribution in [1.29, 1.82) is 0 Å². The normalized spacial score (nSPS) is 13.2. The van der Waals surface area contributed by atoms with E-state index in [1.54, 1.807) is 12.1 Å². The Morgan fingerprint density at radius 2 is 1.67 bits per heavy atom. The van der Waals surface area contributed by atoms with Gasteiger partial charge in [-0.2, -0.15) is 0 Å². The van der Waals surface area contributed by atoms with Gasteiger partial charge in [0, 0.05) is 0 Å². The first-order valence-corrected chi connectivity index (χ1v) is 8.34. The van der Waals surface area contributed by atoms with E-state index in [-0.39, 0.29) is 21.1 Å². The molecule has 3 heteroatoms. The Morgan fingerprint density at radius 1 is 1.10 bits per heavy atom. The van der Waals surface area contributed by atoms with Crippen molar-refractivity contribution in [2.24, 2.45) is 0 Å². The van der Waals surface area contributed by atoms with Crippen LogP contribution in [0.3, 0.4) is 0 Å². The summed E-state index contributed by atoms with van der Waals surface area (Å²) in [4.78, 5) is 0.00869. The molecule has 1 atom stereocenters. The fourth-order valence-electron chi connectivity index (χ4n) is 2.17. The standard InChI is InChI=1S/C18H19BrClF/c1-4-18(2,3)14-8-5-12(6-9-14)17(19)13-7-10-16(21)15(20)11-13/h5-11,17H,4H2,1-3H3. The van der Waals surface area contributed by atoms with Gasteiger partial charge in [-0.15, -0.1) is 0 Å². The molecule has 0 radical (unpaired) electrons. The van der Waals surface area contributed by atoms with Crippen LogP contribution in [0.5, 0.6) is 0 Å². The molecule has 0 spiro atoms. The van der Waals surface area contributed by atoms with Crippen LogP contribution in [0.4, 0.5) is 4.39 Å². The van der Waals surface area contributed by atoms with E-state index in [0.717, 1.165) is 17.5 Å². The zero-order chi connectivity index (χ0) is 15.6. The third-order valence-corrected chi connectivity index (χ3v) is 5.45. The highest BCUT2D eigenvalue weighted by molar-refractivity contribution is 9.09. The Balaban J connectivity index is 2.27. The molecular weight excluding hydrogens is 351 g/mol. The molecule has 0 amide bonds. The Morgan fingerprint density at radius 3 is 2.19 bits per heavy atom. The van der Waals surface area contributed by atoms with Crippen LogP contribution in [0.15, 0.2) is 42.5 Å². The number of rotatable bonds is 4. The molecule has 0 fully saturated rings. The lowest BCUT2D eigenvalue weighted by atomic mass is 9.82. The average Bonchev–Trinajstić information content (AvgIpc) is 2.49. The van der Waals surface area contributed by atoms with Gasteiger partial charge in [0.1, 0.15) is 5.82 Å². The van der Waals surface area contributed by atoms with Gasteiger partial charge in [0.2, 0.25) is 0 Å². The third-order valence-electron chi connectivity index (χ3n) is 4.11. The predicted molar refractivity (Wildman–Crippen MR) is 91.9 cm³/mol. The molecule has 112 valence electrons. The zero-order valence-corrected chi connectivity index (χ0v) is 14.8. The van der Waals surface area contributed by atoms with E-state index >= 15 is 0 Å². The molecule has 2 rings (SSSR count). The van der Waals surface area contributed by atoms with E-state index in [9.17, 15) is 4.39 Å². The van der Waals surface area contributed by atoms with Crippen molar-refractivity contribution < 1.29 is 4.39 Å². The predicted octanol–water partition coefficient (Wildman–Crippen LogP) is 6.65. The molecule has 0 saturated heterocycles. The van der Waals surface area contributed by atoms with E-state index in [1.807, 2.05) is 0 Å². The summed E-state index contributed by atoms with van der Waals surface area (Å²) in [7, 11) is 0. The maximum absolute atomic E-state index is 13.2. The summed E-state index contributed by atoms with van der Waals surface area (Å²) in [6, 6.07) is 13.4. The Bertz CT molecular complexity index is 620. The fraction of sp³-hybridized carbons (Fsp3) is 0.333. The van der Waals surface area contributed by atoms with Gasteiger partial charge < -0.3 is 0 Å². The summed E-state index contributed by atoms with van der Waals surface area (Å²) in [6.45, 7) is 6.68. The van der Waals surface area contributed by atoms with Crippen molar-refractivity contribution >= 4 is 27.5 Å². The SMILES string of the molecule is CCC(C)(C)c1ccc(C(Br)c2ccc(F)c(Cl)c2)cc1. The average molecular weight is 370 g/mol. The molecule has 0 saturated carbocycles. The molecule has 2 aromatic carbocycles. The summed E-state index contributed by atoms with van der Waals surface area (Å²) in [5, 5.41) is 0.153. The van der Waals surface area contributed by atoms with Gasteiger partial charge in [-0.1, -0.05) is 78.6 Å². The largest absolute Gasteiger partial charge is 0.205 e. The quantitative estimate of drug-likeness (QED) is 0.529. The zero-order valence-electron chi connectivity index (χ0n) is 12.5. The van der Waals surface area contributed by atoms with Gasteiger partial charge in [0.15, 0.2) is 0 Å². The topological polar surface area (TPSA) is 0 Å². The van der Waals surface area contributed by atoms with Gasteiger partial charge in [0.05, 0.1) is 9.85 Å². The van der Waals surface area contributed by atoms with E-state index in [1.165, 1.54) is 11.6 Å². The first kappa shape index (κ1) is 16.5. The van der Waals surface area contributed by atoms with Crippen LogP contribution in [0, 0.1) is 5.82 Å². The fourth-order valence-corrected chi connectivity index (χ4v) is 2.95. The molecule has 0 aliphatic heterocycles. The van der Waals surface area contributed by atoms with Crippen molar-refractivity contribution in [2.45, 2.75) is 37.4 Å². The first-order valence-electron chi connectivity index (χ1n) is 7.04. The molecule has 0 nitrogen and oxygen atoms in total. The smallest absolute Gasteiger partial charge is 0.141 e. The summed E-state index contributed by atoms with van der Waals surface area (Å²) in [6.07, 6.45) is 1.09. The summed E-state index contributed by atoms with van der Waals surface area (Å²) in [5.74, 6) is -0.389. The molecule has 0 aliphatic carbocycles. The van der Waals surface area contributed by atoms with Gasteiger partial charge in [-0.3, -0.25) is 0 Å². The molecule has 0 aromatic heterocycles. The highest BCUT2D eigenvalue weighted by Gasteiger charge is 2.19. The maximum Gasteiger partial charge on any atom is 0.141 e. The van der Waals surface area contributed by atoms with Crippen molar-refractivity contribution in [1.82, 2.24) is 0 Å². The van der Waals surface area contributed by atoms with Gasteiger partial charge >= 0.3 is 0 Å². The van der Waals surface area contributed by atoms with E-state index < -0.39 is 0 Å². The first-order chi connectivity index (χ1) is 9.85. The Hall–Kier alpha value is -0.860. The number of hydrogen-bond donors (Lipinski definition) is 0. The number of benzene rings is 2. The van der Waals surface area contributed by atoms with Crippen molar-refractivity contribution in [2.75, 3.05) is 0 Å². The molecule has 0 aliphatic rings. The summed E-state index contributed by atoms with van der Waals surface area (Å²) >= 11 is 9.52. The van der Waals surface area contributed by atoms with Crippen LogP contribution in [0.1, 0.15) is 48.7 Å². The maximum atomic E-state index is 13.2. The van der Waals surface area contributed by atoms with Crippen LogP contribution >= 0.6 is 27.5 Å². The monoisotopic (exact) mass is 368 g/mol. The number of halogens is 3. The van der Waals surface area contributed by atoms with Crippen molar-refractivity contribution in [3.8, 4) is 0 Å². The molecular formula is C18H19BrClF. The minimum atomic E-state index is -0.389. The van der Waals surface area contributed by atoms with Gasteiger partial charge in [0.25, 0.3) is 0 Å². The minimum Gasteiger partial charge on any atom is -0.205 e. The summed E-state index contributed by atoms with van der Waals surface area (Å²) < 4.78 is 13.2. The van der Waals surface area contributed by atoms with Crippen LogP contribution in [-0.2, 0) is 5.41 Å². The van der Waals surface area contributed by atoms with Crippen LogP contribution in [-0.4, -0.2) is 0 Å². The van der Waals surface area contributed by atoms with Gasteiger partial charge in [-0.25, -0.2) is 4.39 Å². The summed E-state index contributed by atoms with van der Waals surface area (Å²) in [5.41, 5.74) is 3.59.